The minimum atomic E-state index is -1.07. The Morgan fingerprint density at radius 3 is 1.15 bits per heavy atom. The summed E-state index contributed by atoms with van der Waals surface area (Å²) in [6, 6.07) is 75.5. The SMILES string of the molecule is CCc1cccc(-c2c(Cl)cccc2Br)c1.CCc1cccc(-c2c(Cl)cccc2N(CCCCOC)C(=O)CN(C)C(=O)OCc2ccccc2)c1.CCc1cccc(-c2c(Cl)cccc2N(CCCCOC)C(=O)CNC)c1.CCc1cccc(-c2c(Cl)cccc2NCCCCOC)c1.CN(CC(=O)O)C(=O)OCc1ccccc1.COCCCCCl.COCCCCN.COCCCCN=[N+]=[N-].C[Si](C)(C)I. The summed E-state index contributed by atoms with van der Waals surface area (Å²) in [4.78, 5) is 69.2. The first-order chi connectivity index (χ1) is 70.4. The predicted octanol–water partition coefficient (Wildman–Crippen LogP) is 29.2. The van der Waals surface area contributed by atoms with Gasteiger partial charge in [0.2, 0.25) is 11.8 Å². The summed E-state index contributed by atoms with van der Waals surface area (Å²) in [7, 11) is 14.9. The first-order valence-corrected chi connectivity index (χ1v) is 58.9. The van der Waals surface area contributed by atoms with Crippen LogP contribution in [0.2, 0.25) is 39.7 Å². The summed E-state index contributed by atoms with van der Waals surface area (Å²) in [6.45, 7) is 23.5. The number of nitrogens with one attached hydrogen (secondary N) is 2. The van der Waals surface area contributed by atoms with Crippen molar-refractivity contribution in [1.29, 1.82) is 0 Å². The van der Waals surface area contributed by atoms with E-state index in [2.05, 4.69) is 191 Å². The van der Waals surface area contributed by atoms with Gasteiger partial charge in [-0.3, -0.25) is 14.4 Å². The van der Waals surface area contributed by atoms with E-state index in [4.69, 9.17) is 112 Å². The number of nitrogens with two attached hydrogens (primary N) is 1. The largest absolute Gasteiger partial charge is 0.480 e. The zero-order chi connectivity index (χ0) is 108. The Kier molecular flexibility index (Phi) is 75.2. The number of carboxylic acids is 1. The number of methoxy groups -OCH3 is 6. The average Bonchev–Trinajstić information content (AvgIpc) is 0.800. The number of aliphatic carboxylic acids is 1. The molecule has 10 rings (SSSR count). The Morgan fingerprint density at radius 2 is 0.774 bits per heavy atom. The van der Waals surface area contributed by atoms with E-state index < -0.39 is 23.7 Å². The number of carbonyl (C=O) groups excluding carboxylic acids is 4. The standard InChI is InChI=1S/C30H35ClN2O4.C22H29ClN2O2.C19H24ClNO.C14H12BrCl.C11H13NO4.C5H11ClO.C5H11N3O.C5H13NO.C3H9ISi/c1-4-23-14-10-15-25(20-23)29-26(31)16-11-17-27(29)33(18-8-9-19-36-3)28(34)21-32(2)30(35)37-22-24-12-6-5-7-13-24;1-4-17-9-7-10-18(15-17)22-19(23)11-8-12-20(22)25(21(26)16-24-2)13-5-6-14-27-3;1-3-15-8-6-9-16(14-15)19-17(20)10-7-11-18(19)21-12-4-5-13-22-2;1-2-10-5-3-6-11(9-10)14-12(15)7-4-8-13(14)16;1-12(7-10(13)14)11(15)16-8-9-5-3-2-4-6-9;1-7-5-3-2-4-6;1-9-5-3-2-4-7-8-6;1-7-5-3-2-4-6;1-5(2,3)4/h5-7,10-17,20H,4,8-9,18-19,21-22H2,1-3H3;7-12,15,24H,4-6,13-14,16H2,1-3H3;6-11,14,21H,3-5,12-13H2,1-2H3;3-9H,2H2,1H3;2-6H,7-8H2,1H3,(H,13,14);2-5H2,1H3;2-5H2,1H3;2-6H2,1H3;1-3H3. The second-order valence-corrected chi connectivity index (χ2v) is 50.9. The van der Waals surface area contributed by atoms with E-state index >= 15 is 0 Å². The number of hydrogen-bond acceptors (Lipinski definition) is 17. The molecule has 0 aliphatic carbocycles. The maximum atomic E-state index is 13.6. The van der Waals surface area contributed by atoms with Gasteiger partial charge in [-0.05, 0) is 226 Å². The molecule has 800 valence electrons. The number of alkyl halides is 1. The molecule has 0 spiro atoms. The van der Waals surface area contributed by atoms with E-state index in [-0.39, 0.29) is 44.7 Å². The molecule has 0 unspecified atom stereocenters. The number of hydrogen-bond donors (Lipinski definition) is 4. The average molecular weight is 2300 g/mol. The number of likely N-dealkylation sites (N-methyl/N-ethyl adjacent to an activating group) is 3. The van der Waals surface area contributed by atoms with E-state index in [9.17, 15) is 24.0 Å². The molecule has 0 fully saturated rings. The van der Waals surface area contributed by atoms with Gasteiger partial charge in [0.25, 0.3) is 0 Å². The van der Waals surface area contributed by atoms with Crippen LogP contribution in [0.1, 0.15) is 138 Å². The number of carboxylic acid groups (broad SMARTS) is 1. The van der Waals surface area contributed by atoms with E-state index in [1.54, 1.807) is 61.7 Å². The van der Waals surface area contributed by atoms with E-state index in [0.717, 1.165) is 229 Å². The van der Waals surface area contributed by atoms with Gasteiger partial charge in [0.05, 0.1) is 33.0 Å². The third-order valence-electron chi connectivity index (χ3n) is 21.3. The molecule has 4 amide bonds. The number of unbranched alkanes of at least 4 members (excludes halogenated alkanes) is 6. The zero-order valence-electron chi connectivity index (χ0n) is 88.4. The quantitative estimate of drug-likeness (QED) is 0.00403. The van der Waals surface area contributed by atoms with Crippen molar-refractivity contribution >= 4 is 148 Å². The maximum absolute atomic E-state index is 13.6. The highest BCUT2D eigenvalue weighted by Crippen LogP contribution is 2.42. The van der Waals surface area contributed by atoms with Crippen molar-refractivity contribution < 1.29 is 67.0 Å². The highest BCUT2D eigenvalue weighted by molar-refractivity contribution is 14.1. The highest BCUT2D eigenvalue weighted by atomic mass is 127. The zero-order valence-corrected chi connectivity index (χ0v) is 96.9. The van der Waals surface area contributed by atoms with Gasteiger partial charge in [-0.1, -0.05) is 297 Å². The Morgan fingerprint density at radius 1 is 0.438 bits per heavy atom. The number of ether oxygens (including phenoxy) is 8. The molecule has 0 saturated heterocycles. The molecular weight excluding hydrogens is 2150 g/mol. The Balaban J connectivity index is 0.000000591. The molecule has 32 heteroatoms. The Hall–Kier alpha value is -9.18. The van der Waals surface area contributed by atoms with Crippen LogP contribution in [-0.4, -0.2) is 212 Å². The van der Waals surface area contributed by atoms with Gasteiger partial charge >= 0.3 is 18.2 Å². The molecule has 0 radical (unpaired) electrons. The second kappa shape index (κ2) is 82.7. The fourth-order valence-electron chi connectivity index (χ4n) is 13.7. The van der Waals surface area contributed by atoms with Crippen LogP contribution in [0.15, 0.2) is 240 Å². The van der Waals surface area contributed by atoms with Crippen molar-refractivity contribution in [3.8, 4) is 44.5 Å². The van der Waals surface area contributed by atoms with Crippen molar-refractivity contribution in [1.82, 2.24) is 15.1 Å². The lowest BCUT2D eigenvalue weighted by molar-refractivity contribution is -0.137. The second-order valence-electron chi connectivity index (χ2n) is 34.2. The molecule has 0 aromatic heterocycles. The minimum absolute atomic E-state index is 0.0325. The normalized spacial score (nSPS) is 10.4. The van der Waals surface area contributed by atoms with Crippen LogP contribution in [0.25, 0.3) is 55.0 Å². The molecule has 0 bridgehead atoms. The maximum Gasteiger partial charge on any atom is 0.410 e. The molecule has 0 saturated carbocycles. The lowest BCUT2D eigenvalue weighted by atomic mass is 9.99. The molecule has 10 aromatic rings. The third kappa shape index (κ3) is 57.5. The highest BCUT2D eigenvalue weighted by Gasteiger charge is 2.26. The summed E-state index contributed by atoms with van der Waals surface area (Å²) in [6.07, 6.45) is 14.3. The first-order valence-electron chi connectivity index (χ1n) is 49.5. The fourth-order valence-corrected chi connectivity index (χ4v) is 15.7. The first kappa shape index (κ1) is 133. The van der Waals surface area contributed by atoms with Gasteiger partial charge in [-0.25, -0.2) is 9.59 Å². The van der Waals surface area contributed by atoms with Gasteiger partial charge in [-0.2, -0.15) is 0 Å². The molecule has 146 heavy (non-hydrogen) atoms. The number of rotatable bonds is 49. The van der Waals surface area contributed by atoms with Gasteiger partial charge in [0.15, 0.2) is 0 Å². The lowest BCUT2D eigenvalue weighted by Gasteiger charge is -2.28. The molecule has 0 aliphatic rings. The van der Waals surface area contributed by atoms with Crippen molar-refractivity contribution in [3.63, 3.8) is 0 Å². The monoisotopic (exact) mass is 2300 g/mol. The van der Waals surface area contributed by atoms with Crippen LogP contribution >= 0.6 is 95.7 Å². The van der Waals surface area contributed by atoms with Crippen LogP contribution in [-0.2, 0) is 91.2 Å². The number of aryl methyl sites for hydroxylation is 4. The smallest absolute Gasteiger partial charge is 0.410 e. The van der Waals surface area contributed by atoms with Gasteiger partial charge in [0.1, 0.15) is 31.9 Å². The van der Waals surface area contributed by atoms with Crippen LogP contribution in [0.5, 0.6) is 0 Å². The number of halogens is 7. The lowest BCUT2D eigenvalue weighted by Crippen LogP contribution is -2.42. The number of anilines is 3. The van der Waals surface area contributed by atoms with E-state index in [0.29, 0.717) is 48.6 Å². The van der Waals surface area contributed by atoms with E-state index in [1.165, 1.54) is 39.8 Å². The van der Waals surface area contributed by atoms with Crippen LogP contribution in [0, 0.1) is 0 Å². The molecule has 24 nitrogen and oxygen atoms in total. The third-order valence-corrected chi connectivity index (χ3v) is 23.4. The number of carbonyl (C=O) groups is 5. The summed E-state index contributed by atoms with van der Waals surface area (Å²) < 4.78 is 41.1. The number of azide groups is 1. The van der Waals surface area contributed by atoms with Gasteiger partial charge in [-0.15, -0.1) is 33.4 Å². The summed E-state index contributed by atoms with van der Waals surface area (Å²) in [5, 5.41) is 21.1. The molecule has 0 atom stereocenters. The fraction of sp³-hybridized carbons (Fsp3) is 0.430. The van der Waals surface area contributed by atoms with Gasteiger partial charge < -0.3 is 79.0 Å². The summed E-state index contributed by atoms with van der Waals surface area (Å²) in [5.41, 5.74) is 30.1. The van der Waals surface area contributed by atoms with Gasteiger partial charge in [0, 0.05) is 171 Å². The predicted molar refractivity (Wildman–Crippen MR) is 624 cm³/mol. The van der Waals surface area contributed by atoms with Crippen molar-refractivity contribution in [2.75, 3.05) is 177 Å². The summed E-state index contributed by atoms with van der Waals surface area (Å²) >= 11 is 37.4. The number of amides is 4. The van der Waals surface area contributed by atoms with Crippen molar-refractivity contribution in [2.24, 2.45) is 10.8 Å². The van der Waals surface area contributed by atoms with Crippen molar-refractivity contribution in [2.45, 2.75) is 163 Å². The van der Waals surface area contributed by atoms with Crippen LogP contribution in [0.4, 0.5) is 26.7 Å². The molecule has 0 heterocycles. The van der Waals surface area contributed by atoms with E-state index in [1.807, 2.05) is 150 Å². The van der Waals surface area contributed by atoms with Crippen LogP contribution in [0.3, 0.4) is 0 Å². The molecule has 5 N–H and O–H groups in total. The Labute approximate surface area is 917 Å². The topological polar surface area (TPSA) is 291 Å². The van der Waals surface area contributed by atoms with Crippen LogP contribution < -0.4 is 26.2 Å². The molecule has 0 aliphatic heterocycles. The minimum Gasteiger partial charge on any atom is -0.480 e. The van der Waals surface area contributed by atoms with Crippen molar-refractivity contribution in [3.05, 3.63) is 299 Å². The Bertz CT molecular complexity index is 5270. The number of nitrogens with zero attached hydrogens (tertiary/aromatic N) is 7. The number of benzene rings is 10. The molecular formula is C114H157BrCl5IN10O14Si. The molecule has 10 aromatic carbocycles. The summed E-state index contributed by atoms with van der Waals surface area (Å²) in [5.74, 6) is -0.500.